The molecule has 3 rings (SSSR count). The average molecular weight is 358 g/mol. The minimum absolute atomic E-state index is 0.397. The van der Waals surface area contributed by atoms with Crippen LogP contribution in [0.25, 0.3) is 0 Å². The molecule has 2 N–H and O–H groups in total. The molecule has 2 aromatic rings. The first kappa shape index (κ1) is 18.0. The summed E-state index contributed by atoms with van der Waals surface area (Å²) in [7, 11) is 0. The fraction of sp³-hybridized carbons (Fsp3) is 0.300. The van der Waals surface area contributed by atoms with Crippen molar-refractivity contribution in [1.82, 2.24) is 5.32 Å². The molecule has 1 aliphatic rings. The highest BCUT2D eigenvalue weighted by Crippen LogP contribution is 2.25. The Balaban J connectivity index is 1.66. The van der Waals surface area contributed by atoms with Crippen LogP contribution < -0.4 is 10.6 Å². The first-order chi connectivity index (χ1) is 12.5. The minimum atomic E-state index is -1.11. The number of benzene rings is 2. The van der Waals surface area contributed by atoms with E-state index in [4.69, 9.17) is 0 Å². The zero-order valence-electron chi connectivity index (χ0n) is 14.4. The highest BCUT2D eigenvalue weighted by Gasteiger charge is 2.21. The van der Waals surface area contributed by atoms with Gasteiger partial charge in [-0.1, -0.05) is 24.3 Å². The molecule has 0 aromatic heterocycles. The number of carbonyl (C=O) groups excluding carboxylic acids is 2. The summed E-state index contributed by atoms with van der Waals surface area (Å²) in [5.41, 5.74) is 2.86. The van der Waals surface area contributed by atoms with Gasteiger partial charge >= 0.3 is 11.8 Å². The normalized spacial score (nSPS) is 14.3. The summed E-state index contributed by atoms with van der Waals surface area (Å²) in [6, 6.07) is 8.83. The quantitative estimate of drug-likeness (QED) is 0.823. The number of hydrogen-bond donors (Lipinski definition) is 2. The van der Waals surface area contributed by atoms with Gasteiger partial charge in [-0.05, 0) is 61.4 Å². The molecule has 4 nitrogen and oxygen atoms in total. The van der Waals surface area contributed by atoms with Gasteiger partial charge in [-0.25, -0.2) is 8.78 Å². The van der Waals surface area contributed by atoms with Gasteiger partial charge in [0, 0.05) is 0 Å². The molecule has 2 amide bonds. The van der Waals surface area contributed by atoms with Crippen LogP contribution >= 0.6 is 0 Å². The van der Waals surface area contributed by atoms with Gasteiger partial charge in [-0.2, -0.15) is 0 Å². The Morgan fingerprint density at radius 1 is 0.962 bits per heavy atom. The summed E-state index contributed by atoms with van der Waals surface area (Å²) in [4.78, 5) is 24.0. The maximum absolute atomic E-state index is 13.6. The Labute approximate surface area is 150 Å². The smallest absolute Gasteiger partial charge is 0.313 e. The van der Waals surface area contributed by atoms with Crippen molar-refractivity contribution in [2.45, 2.75) is 38.6 Å². The Kier molecular flexibility index (Phi) is 5.30. The monoisotopic (exact) mass is 358 g/mol. The lowest BCUT2D eigenvalue weighted by Crippen LogP contribution is -2.37. The van der Waals surface area contributed by atoms with Gasteiger partial charge in [-0.3, -0.25) is 9.59 Å². The molecule has 1 unspecified atom stereocenters. The standard InChI is InChI=1S/C20H20F2N2O2/c1-12(14-10-9-13-5-2-3-6-15(13)11-14)23-19(25)20(26)24-18-16(21)7-4-8-17(18)22/h4,7-12H,2-3,5-6H2,1H3,(H,23,25)(H,24,26). The molecule has 26 heavy (non-hydrogen) atoms. The van der Waals surface area contributed by atoms with Gasteiger partial charge in [0.2, 0.25) is 0 Å². The fourth-order valence-corrected chi connectivity index (χ4v) is 3.16. The van der Waals surface area contributed by atoms with Crippen molar-refractivity contribution >= 4 is 17.5 Å². The van der Waals surface area contributed by atoms with Crippen LogP contribution in [0.2, 0.25) is 0 Å². The second kappa shape index (κ2) is 7.64. The molecular formula is C20H20F2N2O2. The SMILES string of the molecule is CC(NC(=O)C(=O)Nc1c(F)cccc1F)c1ccc2c(c1)CCCC2. The summed E-state index contributed by atoms with van der Waals surface area (Å²) in [5, 5.41) is 4.55. The lowest BCUT2D eigenvalue weighted by molar-refractivity contribution is -0.136. The number of anilines is 1. The van der Waals surface area contributed by atoms with Gasteiger partial charge < -0.3 is 10.6 Å². The number of aryl methyl sites for hydroxylation is 2. The summed E-state index contributed by atoms with van der Waals surface area (Å²) in [5.74, 6) is -3.93. The predicted octanol–water partition coefficient (Wildman–Crippen LogP) is 3.66. The second-order valence-electron chi connectivity index (χ2n) is 6.48. The topological polar surface area (TPSA) is 58.2 Å². The Morgan fingerprint density at radius 2 is 1.62 bits per heavy atom. The van der Waals surface area contributed by atoms with Crippen molar-refractivity contribution in [2.24, 2.45) is 0 Å². The van der Waals surface area contributed by atoms with Crippen molar-refractivity contribution in [3.63, 3.8) is 0 Å². The van der Waals surface area contributed by atoms with Crippen LogP contribution in [0.15, 0.2) is 36.4 Å². The van der Waals surface area contributed by atoms with Crippen LogP contribution in [0.1, 0.15) is 42.5 Å². The highest BCUT2D eigenvalue weighted by molar-refractivity contribution is 6.39. The van der Waals surface area contributed by atoms with E-state index in [2.05, 4.69) is 11.4 Å². The zero-order valence-corrected chi connectivity index (χ0v) is 14.4. The molecule has 0 bridgehead atoms. The van der Waals surface area contributed by atoms with Gasteiger partial charge in [0.1, 0.15) is 17.3 Å². The number of rotatable bonds is 3. The van der Waals surface area contributed by atoms with Crippen molar-refractivity contribution in [1.29, 1.82) is 0 Å². The van der Waals surface area contributed by atoms with Crippen molar-refractivity contribution in [2.75, 3.05) is 5.32 Å². The first-order valence-electron chi connectivity index (χ1n) is 8.63. The third-order valence-electron chi connectivity index (χ3n) is 4.63. The molecule has 6 heteroatoms. The van der Waals surface area contributed by atoms with Crippen LogP contribution in [0.4, 0.5) is 14.5 Å². The van der Waals surface area contributed by atoms with Gasteiger partial charge in [0.05, 0.1) is 6.04 Å². The average Bonchev–Trinajstić information content (AvgIpc) is 2.64. The summed E-state index contributed by atoms with van der Waals surface area (Å²) >= 11 is 0. The predicted molar refractivity (Wildman–Crippen MR) is 94.6 cm³/mol. The number of fused-ring (bicyclic) bond motifs is 1. The van der Waals surface area contributed by atoms with E-state index in [0.717, 1.165) is 37.0 Å². The van der Waals surface area contributed by atoms with Crippen LogP contribution in [0.5, 0.6) is 0 Å². The molecule has 0 fully saturated rings. The molecule has 0 heterocycles. The molecule has 2 aromatic carbocycles. The fourth-order valence-electron chi connectivity index (χ4n) is 3.16. The summed E-state index contributed by atoms with van der Waals surface area (Å²) in [6.07, 6.45) is 4.41. The molecule has 0 saturated heterocycles. The highest BCUT2D eigenvalue weighted by atomic mass is 19.1. The van der Waals surface area contributed by atoms with E-state index in [-0.39, 0.29) is 0 Å². The molecule has 0 radical (unpaired) electrons. The number of carbonyl (C=O) groups is 2. The lowest BCUT2D eigenvalue weighted by atomic mass is 9.89. The maximum Gasteiger partial charge on any atom is 0.313 e. The number of amides is 2. The van der Waals surface area contributed by atoms with E-state index >= 15 is 0 Å². The van der Waals surface area contributed by atoms with Gasteiger partial charge in [0.25, 0.3) is 0 Å². The molecular weight excluding hydrogens is 338 g/mol. The second-order valence-corrected chi connectivity index (χ2v) is 6.48. The van der Waals surface area contributed by atoms with Crippen LogP contribution in [0.3, 0.4) is 0 Å². The van der Waals surface area contributed by atoms with Crippen LogP contribution in [0, 0.1) is 11.6 Å². The van der Waals surface area contributed by atoms with Crippen LogP contribution in [-0.2, 0) is 22.4 Å². The zero-order chi connectivity index (χ0) is 18.7. The van der Waals surface area contributed by atoms with E-state index in [1.54, 1.807) is 6.92 Å². The number of halogens is 2. The van der Waals surface area contributed by atoms with Crippen molar-refractivity contribution in [3.8, 4) is 0 Å². The number of para-hydroxylation sites is 1. The molecule has 1 atom stereocenters. The molecule has 1 aliphatic carbocycles. The first-order valence-corrected chi connectivity index (χ1v) is 8.63. The Hall–Kier alpha value is -2.76. The Bertz CT molecular complexity index is 831. The van der Waals surface area contributed by atoms with E-state index in [9.17, 15) is 18.4 Å². The number of nitrogens with one attached hydrogen (secondary N) is 2. The largest absolute Gasteiger partial charge is 0.341 e. The van der Waals surface area contributed by atoms with Gasteiger partial charge in [-0.15, -0.1) is 0 Å². The summed E-state index contributed by atoms with van der Waals surface area (Å²) < 4.78 is 27.2. The summed E-state index contributed by atoms with van der Waals surface area (Å²) in [6.45, 7) is 1.76. The van der Waals surface area contributed by atoms with Gasteiger partial charge in [0.15, 0.2) is 0 Å². The molecule has 0 saturated carbocycles. The van der Waals surface area contributed by atoms with E-state index in [0.29, 0.717) is 0 Å². The molecule has 0 spiro atoms. The Morgan fingerprint density at radius 3 is 2.31 bits per heavy atom. The third kappa shape index (κ3) is 3.90. The van der Waals surface area contributed by atoms with Crippen molar-refractivity contribution < 1.29 is 18.4 Å². The lowest BCUT2D eigenvalue weighted by Gasteiger charge is -2.20. The van der Waals surface area contributed by atoms with Crippen molar-refractivity contribution in [3.05, 3.63) is 64.7 Å². The third-order valence-corrected chi connectivity index (χ3v) is 4.63. The molecule has 0 aliphatic heterocycles. The minimum Gasteiger partial charge on any atom is -0.341 e. The van der Waals surface area contributed by atoms with E-state index in [1.165, 1.54) is 23.6 Å². The maximum atomic E-state index is 13.6. The number of hydrogen-bond acceptors (Lipinski definition) is 2. The van der Waals surface area contributed by atoms with Crippen LogP contribution in [-0.4, -0.2) is 11.8 Å². The van der Waals surface area contributed by atoms with E-state index < -0.39 is 35.2 Å². The van der Waals surface area contributed by atoms with E-state index in [1.807, 2.05) is 17.4 Å². The molecule has 136 valence electrons.